The van der Waals surface area contributed by atoms with Crippen molar-refractivity contribution >= 4 is 27.6 Å². The Morgan fingerprint density at radius 3 is 1.65 bits per heavy atom. The number of rotatable bonds is 41. The first-order valence-corrected chi connectivity index (χ1v) is 25.4. The molecule has 0 spiro atoms. The van der Waals surface area contributed by atoms with Crippen molar-refractivity contribution in [2.24, 2.45) is 0 Å². The molecule has 356 valence electrons. The maximum Gasteiger partial charge on any atom is 0.472 e. The molecule has 0 aromatic rings. The minimum absolute atomic E-state index is 0.0119. The molecule has 14 nitrogen and oxygen atoms in total. The van der Waals surface area contributed by atoms with Gasteiger partial charge in [-0.3, -0.25) is 23.2 Å². The number of carbonyl (C=O) groups excluding carboxylic acids is 2. The van der Waals surface area contributed by atoms with E-state index in [4.69, 9.17) is 23.8 Å². The van der Waals surface area contributed by atoms with E-state index >= 15 is 0 Å². The predicted octanol–water partition coefficient (Wildman–Crippen LogP) is 10.5. The van der Waals surface area contributed by atoms with E-state index in [0.29, 0.717) is 32.1 Å². The Bertz CT molecular complexity index is 1430. The van der Waals surface area contributed by atoms with E-state index in [1.165, 1.54) is 38.5 Å². The molecule has 0 bridgehead atoms. The number of hydrogen-bond donors (Lipinski definition) is 5. The van der Waals surface area contributed by atoms with Crippen LogP contribution in [0.2, 0.25) is 0 Å². The number of phosphoric ester groups is 2. The summed E-state index contributed by atoms with van der Waals surface area (Å²) < 4.78 is 47.7. The third kappa shape index (κ3) is 43.9. The van der Waals surface area contributed by atoms with Gasteiger partial charge in [0.1, 0.15) is 12.7 Å². The van der Waals surface area contributed by atoms with Crippen LogP contribution in [-0.4, -0.2) is 81.6 Å². The third-order valence-corrected chi connectivity index (χ3v) is 10.3. The monoisotopic (exact) mass is 916 g/mol. The largest absolute Gasteiger partial charge is 0.472 e. The smallest absolute Gasteiger partial charge is 0.462 e. The molecule has 1 unspecified atom stereocenters. The fraction of sp³-hybridized carbons (Fsp3) is 0.652. The topological polar surface area (TPSA) is 216 Å². The fourth-order valence-corrected chi connectivity index (χ4v) is 6.52. The first-order valence-electron chi connectivity index (χ1n) is 22.4. The number of esters is 2. The van der Waals surface area contributed by atoms with Crippen molar-refractivity contribution in [1.82, 2.24) is 0 Å². The highest BCUT2D eigenvalue weighted by Gasteiger charge is 2.28. The number of hydrogen-bond acceptors (Lipinski definition) is 11. The van der Waals surface area contributed by atoms with E-state index < -0.39 is 72.3 Å². The predicted molar refractivity (Wildman–Crippen MR) is 245 cm³/mol. The number of allylic oxidation sites excluding steroid dienone is 12. The van der Waals surface area contributed by atoms with Crippen molar-refractivity contribution < 1.29 is 66.7 Å². The van der Waals surface area contributed by atoms with Gasteiger partial charge in [-0.15, -0.1) is 0 Å². The van der Waals surface area contributed by atoms with Gasteiger partial charge >= 0.3 is 27.6 Å². The second kappa shape index (κ2) is 41.0. The number of phosphoric acid groups is 2. The van der Waals surface area contributed by atoms with Gasteiger partial charge in [0.25, 0.3) is 0 Å². The van der Waals surface area contributed by atoms with Crippen LogP contribution in [0.25, 0.3) is 0 Å². The van der Waals surface area contributed by atoms with Gasteiger partial charge in [-0.2, -0.15) is 0 Å². The number of aliphatic hydroxyl groups excluding tert-OH is 2. The Labute approximate surface area is 371 Å². The fourth-order valence-electron chi connectivity index (χ4n) is 5.37. The Kier molecular flexibility index (Phi) is 39.2. The summed E-state index contributed by atoms with van der Waals surface area (Å²) in [5.41, 5.74) is 0. The normalized spacial score (nSPS) is 15.3. The van der Waals surface area contributed by atoms with Crippen molar-refractivity contribution in [2.75, 3.05) is 26.4 Å². The second-order valence-corrected chi connectivity index (χ2v) is 17.5. The molecule has 0 aliphatic rings. The lowest BCUT2D eigenvalue weighted by Crippen LogP contribution is -2.29. The van der Waals surface area contributed by atoms with Crippen LogP contribution >= 0.6 is 15.6 Å². The van der Waals surface area contributed by atoms with Crippen molar-refractivity contribution in [3.8, 4) is 0 Å². The van der Waals surface area contributed by atoms with Crippen LogP contribution in [-0.2, 0) is 41.8 Å². The SMILES string of the molecule is CCCCC/C=C\C=C/[C@H](O)C/C=C\C/C=C/CCCC(=O)O[C@H](COC(=O)CCCCCC/C=C\C/C=C\C/C=C\CCCCC)COP(=O)(O)OC[C@@H](O)COP(=O)(O)O. The number of unbranched alkanes of at least 4 members (excludes halogenated alkanes) is 11. The molecule has 0 saturated carbocycles. The van der Waals surface area contributed by atoms with Crippen LogP contribution < -0.4 is 0 Å². The van der Waals surface area contributed by atoms with E-state index in [1.807, 2.05) is 36.5 Å². The van der Waals surface area contributed by atoms with Gasteiger partial charge < -0.3 is 34.4 Å². The summed E-state index contributed by atoms with van der Waals surface area (Å²) in [7, 11) is -9.73. The summed E-state index contributed by atoms with van der Waals surface area (Å²) in [6, 6.07) is 0. The maximum absolute atomic E-state index is 12.7. The molecule has 0 aromatic carbocycles. The second-order valence-electron chi connectivity index (χ2n) is 14.8. The Hall–Kier alpha value is -2.74. The first-order chi connectivity index (χ1) is 29.8. The Balaban J connectivity index is 4.71. The van der Waals surface area contributed by atoms with Gasteiger partial charge in [-0.25, -0.2) is 9.13 Å². The first kappa shape index (κ1) is 59.3. The van der Waals surface area contributed by atoms with Crippen molar-refractivity contribution in [3.05, 3.63) is 85.1 Å². The number of ether oxygens (including phenoxy) is 2. The summed E-state index contributed by atoms with van der Waals surface area (Å²) in [5.74, 6) is -1.17. The minimum Gasteiger partial charge on any atom is -0.462 e. The van der Waals surface area contributed by atoms with Gasteiger partial charge in [0.05, 0.1) is 25.9 Å². The standard InChI is InChI=1S/C46H78O14P2/c1-3-5-7-9-11-12-13-14-15-16-17-18-19-20-24-28-32-36-45(49)56-40-44(41-59-62(54,55)58-39-43(48)38-57-61(51,52)53)60-46(50)37-33-29-25-21-23-27-31-35-42(47)34-30-26-22-10-8-6-4-2/h11-12,14-15,17-18,21-22,25-27,30-31,34,42-44,47-48H,3-10,13,16,19-20,23-24,28-29,32-33,35-41H2,1-2H3,(H,54,55)(H2,51,52,53)/b12-11-,15-14-,18-17-,25-21+,26-22-,31-27-,34-30-/t42-,43-,44+/m0/s1. The molecule has 0 fully saturated rings. The molecule has 0 amide bonds. The highest BCUT2D eigenvalue weighted by atomic mass is 31.2. The van der Waals surface area contributed by atoms with E-state index in [9.17, 15) is 33.8 Å². The van der Waals surface area contributed by atoms with Crippen LogP contribution in [0.5, 0.6) is 0 Å². The van der Waals surface area contributed by atoms with E-state index in [-0.39, 0.29) is 12.8 Å². The molecule has 0 saturated heterocycles. The molecule has 0 aromatic heterocycles. The van der Waals surface area contributed by atoms with Crippen LogP contribution in [0.15, 0.2) is 85.1 Å². The molecular formula is C46H78O14P2. The van der Waals surface area contributed by atoms with Crippen LogP contribution in [0.1, 0.15) is 149 Å². The Morgan fingerprint density at radius 2 is 1.03 bits per heavy atom. The van der Waals surface area contributed by atoms with Gasteiger partial charge in [0, 0.05) is 12.8 Å². The lowest BCUT2D eigenvalue weighted by atomic mass is 10.1. The van der Waals surface area contributed by atoms with Gasteiger partial charge in [-0.1, -0.05) is 137 Å². The summed E-state index contributed by atoms with van der Waals surface area (Å²) in [6.45, 7) is 1.51. The number of aliphatic hydroxyl groups is 2. The number of carbonyl (C=O) groups is 2. The average Bonchev–Trinajstić information content (AvgIpc) is 3.23. The van der Waals surface area contributed by atoms with Crippen molar-refractivity contribution in [1.29, 1.82) is 0 Å². The van der Waals surface area contributed by atoms with Gasteiger partial charge in [0.15, 0.2) is 6.10 Å². The summed E-state index contributed by atoms with van der Waals surface area (Å²) in [5, 5.41) is 19.8. The van der Waals surface area contributed by atoms with Crippen LogP contribution in [0.4, 0.5) is 0 Å². The molecular weight excluding hydrogens is 838 g/mol. The molecule has 4 atom stereocenters. The molecule has 0 aliphatic heterocycles. The molecule has 5 N–H and O–H groups in total. The average molecular weight is 917 g/mol. The third-order valence-electron chi connectivity index (χ3n) is 8.83. The van der Waals surface area contributed by atoms with E-state index in [2.05, 4.69) is 65.4 Å². The molecule has 0 rings (SSSR count). The van der Waals surface area contributed by atoms with E-state index in [1.54, 1.807) is 6.08 Å². The lowest BCUT2D eigenvalue weighted by Gasteiger charge is -2.20. The van der Waals surface area contributed by atoms with E-state index in [0.717, 1.165) is 51.4 Å². The van der Waals surface area contributed by atoms with Crippen LogP contribution in [0.3, 0.4) is 0 Å². The molecule has 0 aliphatic carbocycles. The highest BCUT2D eigenvalue weighted by molar-refractivity contribution is 7.47. The highest BCUT2D eigenvalue weighted by Crippen LogP contribution is 2.43. The van der Waals surface area contributed by atoms with Gasteiger partial charge in [0.2, 0.25) is 0 Å². The summed E-state index contributed by atoms with van der Waals surface area (Å²) in [4.78, 5) is 52.7. The Morgan fingerprint density at radius 1 is 0.532 bits per heavy atom. The molecule has 0 heterocycles. The zero-order chi connectivity index (χ0) is 46.0. The zero-order valence-corrected chi connectivity index (χ0v) is 39.1. The van der Waals surface area contributed by atoms with Crippen LogP contribution in [0, 0.1) is 0 Å². The van der Waals surface area contributed by atoms with Crippen molar-refractivity contribution in [2.45, 2.75) is 167 Å². The summed E-state index contributed by atoms with van der Waals surface area (Å²) >= 11 is 0. The van der Waals surface area contributed by atoms with Gasteiger partial charge in [-0.05, 0) is 83.5 Å². The lowest BCUT2D eigenvalue weighted by molar-refractivity contribution is -0.161. The summed E-state index contributed by atoms with van der Waals surface area (Å²) in [6.07, 6.45) is 43.1. The zero-order valence-electron chi connectivity index (χ0n) is 37.3. The maximum atomic E-state index is 12.7. The quantitative estimate of drug-likeness (QED) is 0.0127. The molecule has 62 heavy (non-hydrogen) atoms. The van der Waals surface area contributed by atoms with Crippen molar-refractivity contribution in [3.63, 3.8) is 0 Å². The minimum atomic E-state index is -4.88. The molecule has 0 radical (unpaired) electrons. The molecule has 16 heteroatoms.